The number of hydrogen-bond donors (Lipinski definition) is 2. The summed E-state index contributed by atoms with van der Waals surface area (Å²) in [5, 5.41) is 13.8. The average Bonchev–Trinajstić information content (AvgIpc) is 3.27. The highest BCUT2D eigenvalue weighted by atomic mass is 32.1. The van der Waals surface area contributed by atoms with Gasteiger partial charge in [0, 0.05) is 10.8 Å². The van der Waals surface area contributed by atoms with Gasteiger partial charge in [0.1, 0.15) is 6.61 Å². The zero-order valence-electron chi connectivity index (χ0n) is 15.9. The molecule has 29 heavy (non-hydrogen) atoms. The van der Waals surface area contributed by atoms with E-state index < -0.39 is 18.1 Å². The monoisotopic (exact) mass is 407 g/mol. The van der Waals surface area contributed by atoms with Gasteiger partial charge in [-0.1, -0.05) is 48.5 Å². The van der Waals surface area contributed by atoms with Gasteiger partial charge in [-0.25, -0.2) is 4.79 Å². The molecule has 2 N–H and O–H groups in total. The van der Waals surface area contributed by atoms with Crippen LogP contribution in [0.3, 0.4) is 0 Å². The minimum absolute atomic E-state index is 0.0334. The Morgan fingerprint density at radius 2 is 1.69 bits per heavy atom. The van der Waals surface area contributed by atoms with Gasteiger partial charge in [0.2, 0.25) is 0 Å². The summed E-state index contributed by atoms with van der Waals surface area (Å²) in [6, 6.07) is 17.5. The zero-order valence-corrected chi connectivity index (χ0v) is 16.7. The summed E-state index contributed by atoms with van der Waals surface area (Å²) in [5.41, 5.74) is 5.41. The van der Waals surface area contributed by atoms with Crippen LogP contribution in [0, 0.1) is 6.92 Å². The fourth-order valence-corrected chi connectivity index (χ4v) is 4.72. The third kappa shape index (κ3) is 3.89. The Balaban J connectivity index is 1.48. The highest BCUT2D eigenvalue weighted by molar-refractivity contribution is 7.10. The molecule has 1 aliphatic carbocycles. The van der Waals surface area contributed by atoms with Crippen LogP contribution in [-0.2, 0) is 9.53 Å². The lowest BCUT2D eigenvalue weighted by Gasteiger charge is -2.19. The number of aliphatic carboxylic acids is 1. The van der Waals surface area contributed by atoms with Crippen molar-refractivity contribution in [3.05, 3.63) is 81.5 Å². The quantitative estimate of drug-likeness (QED) is 0.595. The highest BCUT2D eigenvalue weighted by Gasteiger charge is 2.29. The lowest BCUT2D eigenvalue weighted by molar-refractivity contribution is -0.137. The third-order valence-corrected chi connectivity index (χ3v) is 6.15. The molecule has 1 amide bonds. The van der Waals surface area contributed by atoms with Crippen LogP contribution < -0.4 is 5.32 Å². The van der Waals surface area contributed by atoms with Gasteiger partial charge in [0.05, 0.1) is 12.5 Å². The number of rotatable bonds is 6. The third-order valence-electron chi connectivity index (χ3n) is 5.29. The van der Waals surface area contributed by atoms with Gasteiger partial charge < -0.3 is 15.2 Å². The van der Waals surface area contributed by atoms with Crippen molar-refractivity contribution in [1.29, 1.82) is 0 Å². The normalized spacial score (nSPS) is 13.4. The Morgan fingerprint density at radius 3 is 2.24 bits per heavy atom. The number of carbonyl (C=O) groups is 2. The molecule has 3 aromatic rings. The second kappa shape index (κ2) is 8.09. The predicted molar refractivity (Wildman–Crippen MR) is 112 cm³/mol. The second-order valence-electron chi connectivity index (χ2n) is 7.05. The number of alkyl carbamates (subject to hydrolysis) is 1. The number of nitrogens with one attached hydrogen (secondary N) is 1. The molecule has 148 valence electrons. The maximum Gasteiger partial charge on any atom is 0.407 e. The minimum atomic E-state index is -0.973. The Labute approximate surface area is 173 Å². The molecule has 0 spiro atoms. The fraction of sp³-hybridized carbons (Fsp3) is 0.217. The predicted octanol–water partition coefficient (Wildman–Crippen LogP) is 5.11. The van der Waals surface area contributed by atoms with E-state index in [0.717, 1.165) is 32.7 Å². The van der Waals surface area contributed by atoms with E-state index in [9.17, 15) is 14.7 Å². The molecule has 0 fully saturated rings. The Kier molecular flexibility index (Phi) is 5.36. The van der Waals surface area contributed by atoms with E-state index in [1.54, 1.807) is 0 Å². The Morgan fingerprint density at radius 1 is 1.07 bits per heavy atom. The van der Waals surface area contributed by atoms with E-state index in [4.69, 9.17) is 4.74 Å². The van der Waals surface area contributed by atoms with Crippen molar-refractivity contribution in [1.82, 2.24) is 5.32 Å². The fourth-order valence-electron chi connectivity index (χ4n) is 3.95. The second-order valence-corrected chi connectivity index (χ2v) is 8.17. The number of ether oxygens (including phenoxy) is 1. The first-order valence-corrected chi connectivity index (χ1v) is 10.3. The highest BCUT2D eigenvalue weighted by Crippen LogP contribution is 2.44. The van der Waals surface area contributed by atoms with Crippen molar-refractivity contribution in [2.75, 3.05) is 6.61 Å². The molecule has 0 radical (unpaired) electrons. The number of aryl methyl sites for hydroxylation is 1. The summed E-state index contributed by atoms with van der Waals surface area (Å²) in [7, 11) is 0. The number of carbonyl (C=O) groups excluding carboxylic acids is 1. The summed E-state index contributed by atoms with van der Waals surface area (Å²) in [4.78, 5) is 24.7. The summed E-state index contributed by atoms with van der Waals surface area (Å²) >= 11 is 1.52. The van der Waals surface area contributed by atoms with Gasteiger partial charge in [-0.05, 0) is 46.2 Å². The minimum Gasteiger partial charge on any atom is -0.481 e. The van der Waals surface area contributed by atoms with Crippen LogP contribution in [0.1, 0.15) is 39.9 Å². The van der Waals surface area contributed by atoms with E-state index in [2.05, 4.69) is 29.6 Å². The molecule has 4 rings (SSSR count). The van der Waals surface area contributed by atoms with Crippen molar-refractivity contribution in [2.45, 2.75) is 25.3 Å². The zero-order chi connectivity index (χ0) is 20.4. The van der Waals surface area contributed by atoms with Gasteiger partial charge >= 0.3 is 12.1 Å². The number of amides is 1. The first-order chi connectivity index (χ1) is 14.0. The van der Waals surface area contributed by atoms with E-state index in [-0.39, 0.29) is 18.9 Å². The Hall–Kier alpha value is -3.12. The van der Waals surface area contributed by atoms with Gasteiger partial charge in [-0.3, -0.25) is 4.79 Å². The van der Waals surface area contributed by atoms with Crippen molar-refractivity contribution < 1.29 is 19.4 Å². The maximum absolute atomic E-state index is 12.5. The number of thiophene rings is 1. The van der Waals surface area contributed by atoms with Crippen LogP contribution >= 0.6 is 11.3 Å². The van der Waals surface area contributed by atoms with Crippen molar-refractivity contribution in [2.24, 2.45) is 0 Å². The molecule has 1 unspecified atom stereocenters. The standard InChI is InChI=1S/C23H21NO4S/c1-14-15(10-11-29-14)21(12-22(25)26)24-23(27)28-13-20-18-8-4-2-6-16(18)17-7-3-5-9-19(17)20/h2-11,20-21H,12-13H2,1H3,(H,24,27)(H,25,26). The van der Waals surface area contributed by atoms with Crippen molar-refractivity contribution >= 4 is 23.4 Å². The summed E-state index contributed by atoms with van der Waals surface area (Å²) in [6.45, 7) is 2.11. The number of carboxylic acid groups (broad SMARTS) is 1. The van der Waals surface area contributed by atoms with Crippen molar-refractivity contribution in [3.63, 3.8) is 0 Å². The summed E-state index contributed by atoms with van der Waals surface area (Å²) in [5.74, 6) is -1.01. The molecule has 0 saturated heterocycles. The maximum atomic E-state index is 12.5. The molecular formula is C23H21NO4S. The van der Waals surface area contributed by atoms with Gasteiger partial charge in [0.15, 0.2) is 0 Å². The molecule has 1 aliphatic rings. The van der Waals surface area contributed by atoms with Crippen LogP contribution in [0.2, 0.25) is 0 Å². The first kappa shape index (κ1) is 19.2. The average molecular weight is 407 g/mol. The van der Waals surface area contributed by atoms with Crippen LogP contribution in [0.25, 0.3) is 11.1 Å². The molecule has 2 aromatic carbocycles. The Bertz CT molecular complexity index is 1010. The van der Waals surface area contributed by atoms with Gasteiger partial charge in [-0.2, -0.15) is 0 Å². The van der Waals surface area contributed by atoms with E-state index in [1.807, 2.05) is 42.6 Å². The number of fused-ring (bicyclic) bond motifs is 3. The van der Waals surface area contributed by atoms with Gasteiger partial charge in [-0.15, -0.1) is 11.3 Å². The summed E-state index contributed by atoms with van der Waals surface area (Å²) in [6.07, 6.45) is -0.800. The topological polar surface area (TPSA) is 75.6 Å². The molecule has 0 saturated carbocycles. The molecule has 6 heteroatoms. The van der Waals surface area contributed by atoms with Crippen molar-refractivity contribution in [3.8, 4) is 11.1 Å². The lowest BCUT2D eigenvalue weighted by atomic mass is 9.98. The molecule has 0 bridgehead atoms. The van der Waals surface area contributed by atoms with E-state index in [1.165, 1.54) is 11.3 Å². The molecule has 0 aliphatic heterocycles. The molecule has 1 aromatic heterocycles. The number of hydrogen-bond acceptors (Lipinski definition) is 4. The van der Waals surface area contributed by atoms with Crippen LogP contribution in [-0.4, -0.2) is 23.8 Å². The molecular weight excluding hydrogens is 386 g/mol. The number of benzene rings is 2. The first-order valence-electron chi connectivity index (χ1n) is 9.42. The molecule has 5 nitrogen and oxygen atoms in total. The number of carboxylic acids is 1. The SMILES string of the molecule is Cc1sccc1C(CC(=O)O)NC(=O)OCC1c2ccccc2-c2ccccc21. The van der Waals surface area contributed by atoms with Crippen LogP contribution in [0.15, 0.2) is 60.0 Å². The molecule has 1 atom stereocenters. The van der Waals surface area contributed by atoms with E-state index in [0.29, 0.717) is 0 Å². The smallest absolute Gasteiger partial charge is 0.407 e. The van der Waals surface area contributed by atoms with Crippen LogP contribution in [0.5, 0.6) is 0 Å². The molecule has 1 heterocycles. The summed E-state index contributed by atoms with van der Waals surface area (Å²) < 4.78 is 5.55. The van der Waals surface area contributed by atoms with Crippen LogP contribution in [0.4, 0.5) is 4.79 Å². The lowest BCUT2D eigenvalue weighted by Crippen LogP contribution is -2.31. The van der Waals surface area contributed by atoms with E-state index >= 15 is 0 Å². The largest absolute Gasteiger partial charge is 0.481 e. The van der Waals surface area contributed by atoms with Gasteiger partial charge in [0.25, 0.3) is 0 Å².